The molecule has 2 unspecified atom stereocenters. The molecule has 1 aromatic carbocycles. The summed E-state index contributed by atoms with van der Waals surface area (Å²) in [7, 11) is 0. The molecule has 2 N–H and O–H groups in total. The molecule has 0 radical (unpaired) electrons. The highest BCUT2D eigenvalue weighted by Crippen LogP contribution is 2.33. The van der Waals surface area contributed by atoms with Crippen LogP contribution in [0.15, 0.2) is 18.2 Å². The third-order valence-electron chi connectivity index (χ3n) is 4.05. The van der Waals surface area contributed by atoms with Crippen LogP contribution in [0.3, 0.4) is 0 Å². The smallest absolute Gasteiger partial charge is 0.334 e. The minimum atomic E-state index is -4.83. The van der Waals surface area contributed by atoms with Gasteiger partial charge >= 0.3 is 6.18 Å². The van der Waals surface area contributed by atoms with E-state index in [2.05, 4.69) is 0 Å². The number of piperidine rings is 1. The fourth-order valence-corrected chi connectivity index (χ4v) is 2.81. The van der Waals surface area contributed by atoms with Crippen LogP contribution < -0.4 is 5.73 Å². The van der Waals surface area contributed by atoms with E-state index in [1.165, 1.54) is 4.90 Å². The lowest BCUT2D eigenvalue weighted by atomic mass is 9.91. The average Bonchev–Trinajstić information content (AvgIpc) is 2.45. The molecule has 122 valence electrons. The van der Waals surface area contributed by atoms with Crippen LogP contribution in [0.25, 0.3) is 0 Å². The van der Waals surface area contributed by atoms with Crippen LogP contribution in [-0.2, 0) is 6.18 Å². The molecular weight excluding hydrogens is 300 g/mol. The number of carbonyl (C=O) groups excluding carboxylic acids is 1. The van der Waals surface area contributed by atoms with Crippen LogP contribution in [0.1, 0.15) is 35.7 Å². The molecule has 2 rings (SSSR count). The number of benzene rings is 1. The molecule has 1 amide bonds. The van der Waals surface area contributed by atoms with E-state index in [1.54, 1.807) is 0 Å². The molecule has 0 bridgehead atoms. The Kier molecular flexibility index (Phi) is 4.75. The number of nitrogens with zero attached hydrogens (tertiary/aromatic N) is 1. The van der Waals surface area contributed by atoms with Gasteiger partial charge in [-0.25, -0.2) is 4.39 Å². The van der Waals surface area contributed by atoms with E-state index in [9.17, 15) is 22.4 Å². The summed E-state index contributed by atoms with van der Waals surface area (Å²) < 4.78 is 52.3. The van der Waals surface area contributed by atoms with Crippen LogP contribution in [0.2, 0.25) is 0 Å². The minimum Gasteiger partial charge on any atom is -0.334 e. The van der Waals surface area contributed by atoms with Crippen molar-refractivity contribution in [3.63, 3.8) is 0 Å². The number of alkyl halides is 3. The van der Waals surface area contributed by atoms with Gasteiger partial charge in [-0.1, -0.05) is 13.0 Å². The lowest BCUT2D eigenvalue weighted by Gasteiger charge is -2.38. The first-order valence-corrected chi connectivity index (χ1v) is 7.12. The Morgan fingerprint density at radius 1 is 1.41 bits per heavy atom. The molecule has 1 aliphatic rings. The van der Waals surface area contributed by atoms with Crippen LogP contribution in [0, 0.1) is 11.7 Å². The topological polar surface area (TPSA) is 46.3 Å². The SMILES string of the molecule is CC1CCN(C(=O)c2cccc(C(F)(F)F)c2F)C(CN)C1. The lowest BCUT2D eigenvalue weighted by Crippen LogP contribution is -2.49. The fraction of sp³-hybridized carbons (Fsp3) is 0.533. The summed E-state index contributed by atoms with van der Waals surface area (Å²) in [5.41, 5.74) is 3.67. The zero-order valence-electron chi connectivity index (χ0n) is 12.2. The molecule has 0 saturated carbocycles. The highest BCUT2D eigenvalue weighted by Gasteiger charge is 2.37. The van der Waals surface area contributed by atoms with Gasteiger partial charge in [0.1, 0.15) is 5.82 Å². The van der Waals surface area contributed by atoms with Gasteiger partial charge in [-0.15, -0.1) is 0 Å². The lowest BCUT2D eigenvalue weighted by molar-refractivity contribution is -0.140. The van der Waals surface area contributed by atoms with Gasteiger partial charge in [0.15, 0.2) is 0 Å². The maximum absolute atomic E-state index is 14.1. The summed E-state index contributed by atoms with van der Waals surface area (Å²) in [5.74, 6) is -1.87. The summed E-state index contributed by atoms with van der Waals surface area (Å²) in [6.07, 6.45) is -3.43. The maximum atomic E-state index is 14.1. The third kappa shape index (κ3) is 3.24. The average molecular weight is 318 g/mol. The second kappa shape index (κ2) is 6.24. The summed E-state index contributed by atoms with van der Waals surface area (Å²) >= 11 is 0. The normalized spacial score (nSPS) is 22.7. The first-order chi connectivity index (χ1) is 10.3. The molecule has 0 aliphatic carbocycles. The number of carbonyl (C=O) groups is 1. The predicted molar refractivity (Wildman–Crippen MR) is 73.7 cm³/mol. The van der Waals surface area contributed by atoms with E-state index in [4.69, 9.17) is 5.73 Å². The Morgan fingerprint density at radius 2 is 2.09 bits per heavy atom. The second-order valence-corrected chi connectivity index (χ2v) is 5.68. The van der Waals surface area contributed by atoms with Crippen molar-refractivity contribution >= 4 is 5.91 Å². The van der Waals surface area contributed by atoms with Crippen LogP contribution in [-0.4, -0.2) is 29.9 Å². The first kappa shape index (κ1) is 16.7. The van der Waals surface area contributed by atoms with Crippen molar-refractivity contribution in [1.82, 2.24) is 4.90 Å². The van der Waals surface area contributed by atoms with Gasteiger partial charge in [0.05, 0.1) is 11.1 Å². The molecule has 1 saturated heterocycles. The monoisotopic (exact) mass is 318 g/mol. The molecular formula is C15H18F4N2O. The Morgan fingerprint density at radius 3 is 2.68 bits per heavy atom. The molecule has 2 atom stereocenters. The standard InChI is InChI=1S/C15H18F4N2O/c1-9-5-6-21(10(7-9)8-20)14(22)11-3-2-4-12(13(11)16)15(17,18)19/h2-4,9-10H,5-8,20H2,1H3. The van der Waals surface area contributed by atoms with Gasteiger partial charge in [0.25, 0.3) is 5.91 Å². The molecule has 0 spiro atoms. The third-order valence-corrected chi connectivity index (χ3v) is 4.05. The first-order valence-electron chi connectivity index (χ1n) is 7.12. The van der Waals surface area contributed by atoms with Gasteiger partial charge in [0.2, 0.25) is 0 Å². The number of halogens is 4. The van der Waals surface area contributed by atoms with Gasteiger partial charge in [-0.3, -0.25) is 4.79 Å². The molecule has 1 fully saturated rings. The molecule has 1 heterocycles. The highest BCUT2D eigenvalue weighted by molar-refractivity contribution is 5.95. The summed E-state index contributed by atoms with van der Waals surface area (Å²) in [4.78, 5) is 13.8. The molecule has 3 nitrogen and oxygen atoms in total. The number of likely N-dealkylation sites (tertiary alicyclic amines) is 1. The van der Waals surface area contributed by atoms with Crippen molar-refractivity contribution in [3.05, 3.63) is 35.1 Å². The maximum Gasteiger partial charge on any atom is 0.419 e. The number of rotatable bonds is 2. The van der Waals surface area contributed by atoms with E-state index in [0.717, 1.165) is 18.6 Å². The Bertz CT molecular complexity index is 559. The van der Waals surface area contributed by atoms with E-state index in [1.807, 2.05) is 6.92 Å². The zero-order chi connectivity index (χ0) is 16.5. The van der Waals surface area contributed by atoms with Crippen molar-refractivity contribution in [2.24, 2.45) is 11.7 Å². The number of amides is 1. The zero-order valence-corrected chi connectivity index (χ0v) is 12.2. The van der Waals surface area contributed by atoms with Crippen LogP contribution in [0.4, 0.5) is 17.6 Å². The second-order valence-electron chi connectivity index (χ2n) is 5.68. The molecule has 1 aliphatic heterocycles. The predicted octanol–water partition coefficient (Wildman–Crippen LogP) is 3.04. The Balaban J connectivity index is 2.34. The van der Waals surface area contributed by atoms with Crippen molar-refractivity contribution in [2.45, 2.75) is 32.0 Å². The van der Waals surface area contributed by atoms with Crippen molar-refractivity contribution in [2.75, 3.05) is 13.1 Å². The molecule has 7 heteroatoms. The number of hydrogen-bond donors (Lipinski definition) is 1. The summed E-state index contributed by atoms with van der Waals surface area (Å²) in [5, 5.41) is 0. The number of nitrogens with two attached hydrogens (primary N) is 1. The van der Waals surface area contributed by atoms with Crippen LogP contribution >= 0.6 is 0 Å². The van der Waals surface area contributed by atoms with Gasteiger partial charge in [-0.2, -0.15) is 13.2 Å². The summed E-state index contributed by atoms with van der Waals surface area (Å²) in [6.45, 7) is 2.60. The molecule has 0 aromatic heterocycles. The van der Waals surface area contributed by atoms with Crippen molar-refractivity contribution < 1.29 is 22.4 Å². The van der Waals surface area contributed by atoms with E-state index in [-0.39, 0.29) is 12.6 Å². The fourth-order valence-electron chi connectivity index (χ4n) is 2.81. The van der Waals surface area contributed by atoms with E-state index >= 15 is 0 Å². The van der Waals surface area contributed by atoms with Gasteiger partial charge < -0.3 is 10.6 Å². The highest BCUT2D eigenvalue weighted by atomic mass is 19.4. The molecule has 22 heavy (non-hydrogen) atoms. The van der Waals surface area contributed by atoms with Gasteiger partial charge in [0, 0.05) is 19.1 Å². The molecule has 1 aromatic rings. The van der Waals surface area contributed by atoms with Crippen molar-refractivity contribution in [3.8, 4) is 0 Å². The quantitative estimate of drug-likeness (QED) is 0.852. The Labute approximate surface area is 126 Å². The van der Waals surface area contributed by atoms with E-state index < -0.39 is 29.0 Å². The van der Waals surface area contributed by atoms with Crippen molar-refractivity contribution in [1.29, 1.82) is 0 Å². The number of hydrogen-bond acceptors (Lipinski definition) is 2. The van der Waals surface area contributed by atoms with E-state index in [0.29, 0.717) is 24.9 Å². The van der Waals surface area contributed by atoms with Gasteiger partial charge in [-0.05, 0) is 30.9 Å². The largest absolute Gasteiger partial charge is 0.419 e. The summed E-state index contributed by atoms with van der Waals surface area (Å²) in [6, 6.07) is 2.48. The van der Waals surface area contributed by atoms with Crippen LogP contribution in [0.5, 0.6) is 0 Å². The Hall–Kier alpha value is -1.63. The minimum absolute atomic E-state index is 0.205.